The zero-order valence-corrected chi connectivity index (χ0v) is 10.5. The van der Waals surface area contributed by atoms with Crippen LogP contribution in [0.25, 0.3) is 0 Å². The molecule has 2 N–H and O–H groups in total. The van der Waals surface area contributed by atoms with Crippen LogP contribution in [0, 0.1) is 11.3 Å². The van der Waals surface area contributed by atoms with Crippen LogP contribution < -0.4 is 5.73 Å². The number of hydrogen-bond acceptors (Lipinski definition) is 4. The van der Waals surface area contributed by atoms with Gasteiger partial charge in [0.05, 0.1) is 18.6 Å². The summed E-state index contributed by atoms with van der Waals surface area (Å²) in [5, 5.41) is 0. The molecule has 0 aromatic heterocycles. The first kappa shape index (κ1) is 12.8. The van der Waals surface area contributed by atoms with E-state index in [0.29, 0.717) is 19.1 Å². The van der Waals surface area contributed by atoms with E-state index in [1.54, 1.807) is 0 Å². The average Bonchev–Trinajstić information content (AvgIpc) is 2.90. The van der Waals surface area contributed by atoms with E-state index >= 15 is 0 Å². The van der Waals surface area contributed by atoms with Crippen LogP contribution in [0.15, 0.2) is 0 Å². The van der Waals surface area contributed by atoms with E-state index in [1.165, 1.54) is 6.42 Å². The molecule has 0 bridgehead atoms. The van der Waals surface area contributed by atoms with Gasteiger partial charge in [-0.05, 0) is 19.3 Å². The largest absolute Gasteiger partial charge is 0.465 e. The second-order valence-corrected chi connectivity index (χ2v) is 5.37. The minimum atomic E-state index is -0.391. The molecule has 4 heteroatoms. The zero-order valence-electron chi connectivity index (χ0n) is 10.5. The molecule has 0 aromatic carbocycles. The van der Waals surface area contributed by atoms with Crippen molar-refractivity contribution in [3.63, 3.8) is 0 Å². The van der Waals surface area contributed by atoms with Crippen molar-refractivity contribution in [1.29, 1.82) is 0 Å². The highest BCUT2D eigenvalue weighted by molar-refractivity contribution is 5.77. The molecule has 1 aliphatic heterocycles. The summed E-state index contributed by atoms with van der Waals surface area (Å²) >= 11 is 0. The van der Waals surface area contributed by atoms with Gasteiger partial charge in [-0.25, -0.2) is 0 Å². The maximum atomic E-state index is 12.2. The normalized spacial score (nSPS) is 27.9. The molecule has 1 unspecified atom stereocenters. The number of carbonyl (C=O) groups is 1. The van der Waals surface area contributed by atoms with Crippen LogP contribution in [0.3, 0.4) is 0 Å². The Morgan fingerprint density at radius 3 is 2.71 bits per heavy atom. The maximum Gasteiger partial charge on any atom is 0.313 e. The Kier molecular flexibility index (Phi) is 4.40. The number of nitrogens with two attached hydrogens (primary N) is 1. The molecule has 1 aliphatic carbocycles. The lowest BCUT2D eigenvalue weighted by Crippen LogP contribution is -2.42. The molecule has 1 heterocycles. The first-order valence-electron chi connectivity index (χ1n) is 6.72. The van der Waals surface area contributed by atoms with Crippen molar-refractivity contribution >= 4 is 5.97 Å². The van der Waals surface area contributed by atoms with Gasteiger partial charge in [0, 0.05) is 19.1 Å². The summed E-state index contributed by atoms with van der Waals surface area (Å²) in [5.74, 6) is 0.309. The Labute approximate surface area is 103 Å². The molecular weight excluding hydrogens is 218 g/mol. The van der Waals surface area contributed by atoms with Crippen molar-refractivity contribution < 1.29 is 14.3 Å². The van der Waals surface area contributed by atoms with Crippen LogP contribution in [0.4, 0.5) is 0 Å². The second kappa shape index (κ2) is 5.83. The van der Waals surface area contributed by atoms with Crippen LogP contribution in [-0.4, -0.2) is 32.3 Å². The summed E-state index contributed by atoms with van der Waals surface area (Å²) in [4.78, 5) is 12.2. The Morgan fingerprint density at radius 2 is 2.12 bits per heavy atom. The molecule has 1 saturated heterocycles. The van der Waals surface area contributed by atoms with Gasteiger partial charge in [-0.1, -0.05) is 19.3 Å². The Morgan fingerprint density at radius 1 is 1.35 bits per heavy atom. The summed E-state index contributed by atoms with van der Waals surface area (Å²) < 4.78 is 10.7. The predicted molar refractivity (Wildman–Crippen MR) is 64.5 cm³/mol. The highest BCUT2D eigenvalue weighted by Crippen LogP contribution is 2.36. The van der Waals surface area contributed by atoms with Gasteiger partial charge in [-0.15, -0.1) is 0 Å². The first-order chi connectivity index (χ1) is 8.27. The highest BCUT2D eigenvalue weighted by atomic mass is 16.5. The first-order valence-corrected chi connectivity index (χ1v) is 6.72. The molecule has 0 aromatic rings. The van der Waals surface area contributed by atoms with Crippen molar-refractivity contribution in [3.05, 3.63) is 0 Å². The Bertz CT molecular complexity index is 255. The van der Waals surface area contributed by atoms with Crippen LogP contribution in [0.1, 0.15) is 38.5 Å². The monoisotopic (exact) mass is 241 g/mol. The molecule has 0 amide bonds. The fourth-order valence-electron chi connectivity index (χ4n) is 2.78. The van der Waals surface area contributed by atoms with Crippen molar-refractivity contribution in [3.8, 4) is 0 Å². The molecule has 2 rings (SSSR count). The summed E-state index contributed by atoms with van der Waals surface area (Å²) in [6.07, 6.45) is 6.19. The number of carbonyl (C=O) groups excluding carboxylic acids is 1. The smallest absolute Gasteiger partial charge is 0.313 e. The predicted octanol–water partition coefficient (Wildman–Crippen LogP) is 1.48. The summed E-state index contributed by atoms with van der Waals surface area (Å²) in [6.45, 7) is 2.45. The average molecular weight is 241 g/mol. The number of rotatable bonds is 4. The summed E-state index contributed by atoms with van der Waals surface area (Å²) in [7, 11) is 0. The molecule has 0 spiro atoms. The van der Waals surface area contributed by atoms with Gasteiger partial charge in [-0.2, -0.15) is 0 Å². The van der Waals surface area contributed by atoms with Gasteiger partial charge in [0.25, 0.3) is 0 Å². The molecule has 98 valence electrons. The molecule has 2 aliphatic rings. The topological polar surface area (TPSA) is 61.6 Å². The highest BCUT2D eigenvalue weighted by Gasteiger charge is 2.40. The quantitative estimate of drug-likeness (QED) is 0.757. The fraction of sp³-hybridized carbons (Fsp3) is 0.923. The van der Waals surface area contributed by atoms with Crippen LogP contribution >= 0.6 is 0 Å². The SMILES string of the molecule is NCC1(C(=O)OCC2CCOC2)CCCCC1. The van der Waals surface area contributed by atoms with Gasteiger partial charge in [0.15, 0.2) is 0 Å². The van der Waals surface area contributed by atoms with Gasteiger partial charge < -0.3 is 15.2 Å². The van der Waals surface area contributed by atoms with Crippen LogP contribution in [0.5, 0.6) is 0 Å². The molecule has 4 nitrogen and oxygen atoms in total. The third kappa shape index (κ3) is 2.99. The van der Waals surface area contributed by atoms with Crippen molar-refractivity contribution in [2.45, 2.75) is 38.5 Å². The van der Waals surface area contributed by atoms with Crippen molar-refractivity contribution in [2.24, 2.45) is 17.1 Å². The van der Waals surface area contributed by atoms with E-state index in [9.17, 15) is 4.79 Å². The van der Waals surface area contributed by atoms with Gasteiger partial charge in [0.1, 0.15) is 0 Å². The minimum Gasteiger partial charge on any atom is -0.465 e. The maximum absolute atomic E-state index is 12.2. The van der Waals surface area contributed by atoms with Crippen LogP contribution in [-0.2, 0) is 14.3 Å². The molecule has 2 fully saturated rings. The number of hydrogen-bond donors (Lipinski definition) is 1. The van der Waals surface area contributed by atoms with Gasteiger partial charge in [-0.3, -0.25) is 4.79 Å². The lowest BCUT2D eigenvalue weighted by Gasteiger charge is -2.33. The van der Waals surface area contributed by atoms with Gasteiger partial charge >= 0.3 is 5.97 Å². The minimum absolute atomic E-state index is 0.0772. The lowest BCUT2D eigenvalue weighted by molar-refractivity contribution is -0.158. The Hall–Kier alpha value is -0.610. The van der Waals surface area contributed by atoms with E-state index in [1.807, 2.05) is 0 Å². The Balaban J connectivity index is 1.83. The third-order valence-corrected chi connectivity index (χ3v) is 4.11. The third-order valence-electron chi connectivity index (χ3n) is 4.11. The van der Waals surface area contributed by atoms with E-state index < -0.39 is 5.41 Å². The molecule has 0 radical (unpaired) electrons. The van der Waals surface area contributed by atoms with E-state index in [4.69, 9.17) is 15.2 Å². The summed E-state index contributed by atoms with van der Waals surface area (Å²) in [6, 6.07) is 0. The molecule has 1 saturated carbocycles. The van der Waals surface area contributed by atoms with Crippen molar-refractivity contribution in [2.75, 3.05) is 26.4 Å². The lowest BCUT2D eigenvalue weighted by atomic mass is 9.74. The standard InChI is InChI=1S/C13H23NO3/c14-10-13(5-2-1-3-6-13)12(15)17-9-11-4-7-16-8-11/h11H,1-10,14H2. The molecule has 1 atom stereocenters. The van der Waals surface area contributed by atoms with E-state index in [-0.39, 0.29) is 5.97 Å². The summed E-state index contributed by atoms with van der Waals surface area (Å²) in [5.41, 5.74) is 5.41. The molecular formula is C13H23NO3. The van der Waals surface area contributed by atoms with Gasteiger partial charge in [0.2, 0.25) is 0 Å². The zero-order chi connectivity index (χ0) is 12.1. The second-order valence-electron chi connectivity index (χ2n) is 5.37. The van der Waals surface area contributed by atoms with Crippen LogP contribution in [0.2, 0.25) is 0 Å². The fourth-order valence-corrected chi connectivity index (χ4v) is 2.78. The van der Waals surface area contributed by atoms with E-state index in [0.717, 1.165) is 45.3 Å². The van der Waals surface area contributed by atoms with E-state index in [2.05, 4.69) is 0 Å². The van der Waals surface area contributed by atoms with Crippen molar-refractivity contribution in [1.82, 2.24) is 0 Å². The number of esters is 1. The molecule has 17 heavy (non-hydrogen) atoms. The number of ether oxygens (including phenoxy) is 2.